The van der Waals surface area contributed by atoms with Gasteiger partial charge in [-0.15, -0.1) is 12.4 Å². The number of ether oxygens (including phenoxy) is 1. The molecule has 4 rings (SSSR count). The summed E-state index contributed by atoms with van der Waals surface area (Å²) in [7, 11) is 0. The Hall–Kier alpha value is -1.79. The zero-order chi connectivity index (χ0) is 17.4. The molecule has 6 nitrogen and oxygen atoms in total. The summed E-state index contributed by atoms with van der Waals surface area (Å²) in [5.74, 6) is 1.87. The van der Waals surface area contributed by atoms with Gasteiger partial charge in [0.05, 0.1) is 0 Å². The molecule has 3 unspecified atom stereocenters. The second kappa shape index (κ2) is 7.84. The van der Waals surface area contributed by atoms with Crippen LogP contribution in [0.15, 0.2) is 24.3 Å². The molecule has 2 amide bonds. The Bertz CT molecular complexity index is 666. The van der Waals surface area contributed by atoms with E-state index < -0.39 is 0 Å². The zero-order valence-electron chi connectivity index (χ0n) is 14.8. The van der Waals surface area contributed by atoms with Crippen LogP contribution in [0.4, 0.5) is 5.69 Å². The molecule has 0 radical (unpaired) electrons. The summed E-state index contributed by atoms with van der Waals surface area (Å²) >= 11 is 0. The molecule has 0 spiro atoms. The van der Waals surface area contributed by atoms with Gasteiger partial charge in [0.15, 0.2) is 6.61 Å². The second-order valence-electron chi connectivity index (χ2n) is 7.40. The van der Waals surface area contributed by atoms with Crippen LogP contribution in [-0.4, -0.2) is 49.0 Å². The van der Waals surface area contributed by atoms with Crippen LogP contribution in [0.1, 0.15) is 25.7 Å². The monoisotopic (exact) mass is 379 g/mol. The van der Waals surface area contributed by atoms with Gasteiger partial charge in [-0.1, -0.05) is 0 Å². The van der Waals surface area contributed by atoms with E-state index in [9.17, 15) is 9.59 Å². The second-order valence-corrected chi connectivity index (χ2v) is 7.40. The van der Waals surface area contributed by atoms with Gasteiger partial charge in [-0.05, 0) is 55.4 Å². The molecule has 1 saturated carbocycles. The average molecular weight is 380 g/mol. The third-order valence-electron chi connectivity index (χ3n) is 5.85. The van der Waals surface area contributed by atoms with Crippen molar-refractivity contribution in [2.75, 3.05) is 31.1 Å². The molecular formula is C19H26ClN3O3. The Labute approximate surface area is 160 Å². The topological polar surface area (TPSA) is 75.9 Å². The average Bonchev–Trinajstić information content (AvgIpc) is 3.31. The number of benzene rings is 1. The van der Waals surface area contributed by atoms with Gasteiger partial charge in [0.25, 0.3) is 5.91 Å². The van der Waals surface area contributed by atoms with E-state index >= 15 is 0 Å². The van der Waals surface area contributed by atoms with Crippen molar-refractivity contribution in [2.45, 2.75) is 31.7 Å². The molecule has 7 heteroatoms. The van der Waals surface area contributed by atoms with E-state index in [1.165, 1.54) is 0 Å². The number of carbonyl (C=O) groups excluding carboxylic acids is 2. The lowest BCUT2D eigenvalue weighted by Crippen LogP contribution is -2.36. The van der Waals surface area contributed by atoms with Crippen molar-refractivity contribution in [1.29, 1.82) is 0 Å². The first-order chi connectivity index (χ1) is 12.1. The van der Waals surface area contributed by atoms with E-state index in [1.54, 1.807) is 4.90 Å². The first kappa shape index (κ1) is 19.0. The van der Waals surface area contributed by atoms with Crippen molar-refractivity contribution in [3.05, 3.63) is 24.3 Å². The summed E-state index contributed by atoms with van der Waals surface area (Å²) in [5, 5.41) is 0. The lowest BCUT2D eigenvalue weighted by atomic mass is 9.98. The van der Waals surface area contributed by atoms with Crippen LogP contribution >= 0.6 is 12.4 Å². The van der Waals surface area contributed by atoms with E-state index in [0.717, 1.165) is 44.6 Å². The van der Waals surface area contributed by atoms with Gasteiger partial charge in [-0.25, -0.2) is 0 Å². The highest BCUT2D eigenvalue weighted by Crippen LogP contribution is 2.37. The van der Waals surface area contributed by atoms with Gasteiger partial charge < -0.3 is 20.3 Å². The lowest BCUT2D eigenvalue weighted by molar-refractivity contribution is -0.132. The molecule has 1 aliphatic carbocycles. The Morgan fingerprint density at radius 2 is 1.96 bits per heavy atom. The predicted molar refractivity (Wildman–Crippen MR) is 102 cm³/mol. The largest absolute Gasteiger partial charge is 0.484 e. The van der Waals surface area contributed by atoms with Gasteiger partial charge in [0.1, 0.15) is 5.75 Å². The van der Waals surface area contributed by atoms with Gasteiger partial charge >= 0.3 is 0 Å². The minimum absolute atomic E-state index is 0. The van der Waals surface area contributed by atoms with E-state index in [0.29, 0.717) is 24.0 Å². The molecule has 26 heavy (non-hydrogen) atoms. The molecule has 2 N–H and O–H groups in total. The van der Waals surface area contributed by atoms with Gasteiger partial charge in [-0.2, -0.15) is 0 Å². The number of nitrogens with zero attached hydrogens (tertiary/aromatic N) is 2. The lowest BCUT2D eigenvalue weighted by Gasteiger charge is -2.19. The molecule has 0 aromatic heterocycles. The third-order valence-corrected chi connectivity index (χ3v) is 5.85. The highest BCUT2D eigenvalue weighted by Gasteiger charge is 2.42. The van der Waals surface area contributed by atoms with Gasteiger partial charge in [0.2, 0.25) is 5.91 Å². The molecule has 2 saturated heterocycles. The third kappa shape index (κ3) is 3.67. The number of rotatable bonds is 4. The highest BCUT2D eigenvalue weighted by atomic mass is 35.5. The summed E-state index contributed by atoms with van der Waals surface area (Å²) < 4.78 is 5.65. The molecule has 2 aliphatic heterocycles. The first-order valence-corrected chi connectivity index (χ1v) is 9.18. The van der Waals surface area contributed by atoms with Crippen molar-refractivity contribution in [3.63, 3.8) is 0 Å². The zero-order valence-corrected chi connectivity index (χ0v) is 15.6. The fourth-order valence-electron chi connectivity index (χ4n) is 4.39. The summed E-state index contributed by atoms with van der Waals surface area (Å²) in [5.41, 5.74) is 7.02. The quantitative estimate of drug-likeness (QED) is 0.865. The van der Waals surface area contributed by atoms with Crippen molar-refractivity contribution < 1.29 is 14.3 Å². The molecule has 3 aliphatic rings. The van der Waals surface area contributed by atoms with Crippen LogP contribution in [0.2, 0.25) is 0 Å². The Morgan fingerprint density at radius 1 is 1.19 bits per heavy atom. The van der Waals surface area contributed by atoms with Crippen LogP contribution in [0.5, 0.6) is 5.75 Å². The molecule has 3 atom stereocenters. The fraction of sp³-hybridized carbons (Fsp3) is 0.579. The number of fused-ring (bicyclic) bond motifs is 1. The SMILES string of the molecule is Cl.NC1CCC2CN(C(=O)COc3ccc(N4CCCC4=O)cc3)CC12. The standard InChI is InChI=1S/C19H25N3O3.ClH/c20-17-8-3-13-10-21(11-16(13)17)19(24)12-25-15-6-4-14(5-7-15)22-9-1-2-18(22)23;/h4-7,13,16-17H,1-3,8-12,20H2;1H. The van der Waals surface area contributed by atoms with Gasteiger partial charge in [-0.3, -0.25) is 9.59 Å². The maximum absolute atomic E-state index is 12.4. The fourth-order valence-corrected chi connectivity index (χ4v) is 4.39. The number of hydrogen-bond acceptors (Lipinski definition) is 4. The maximum atomic E-state index is 12.4. The van der Waals surface area contributed by atoms with Crippen LogP contribution in [-0.2, 0) is 9.59 Å². The number of hydrogen-bond donors (Lipinski definition) is 1. The van der Waals surface area contributed by atoms with Crippen molar-refractivity contribution in [2.24, 2.45) is 17.6 Å². The Balaban J connectivity index is 0.00000196. The van der Waals surface area contributed by atoms with E-state index in [-0.39, 0.29) is 36.9 Å². The van der Waals surface area contributed by atoms with E-state index in [4.69, 9.17) is 10.5 Å². The molecule has 1 aromatic rings. The normalized spacial score (nSPS) is 27.4. The molecular weight excluding hydrogens is 354 g/mol. The summed E-state index contributed by atoms with van der Waals surface area (Å²) in [6.07, 6.45) is 3.74. The molecule has 1 aromatic carbocycles. The van der Waals surface area contributed by atoms with E-state index in [1.807, 2.05) is 29.2 Å². The van der Waals surface area contributed by atoms with Crippen molar-refractivity contribution in [3.8, 4) is 5.75 Å². The molecule has 3 fully saturated rings. The van der Waals surface area contributed by atoms with Crippen LogP contribution < -0.4 is 15.4 Å². The minimum atomic E-state index is 0. The number of nitrogens with two attached hydrogens (primary N) is 1. The smallest absolute Gasteiger partial charge is 0.260 e. The molecule has 142 valence electrons. The highest BCUT2D eigenvalue weighted by molar-refractivity contribution is 5.95. The van der Waals surface area contributed by atoms with Crippen LogP contribution in [0, 0.1) is 11.8 Å². The first-order valence-electron chi connectivity index (χ1n) is 9.18. The Kier molecular flexibility index (Phi) is 5.73. The number of amides is 2. The van der Waals surface area contributed by atoms with E-state index in [2.05, 4.69) is 0 Å². The predicted octanol–water partition coefficient (Wildman–Crippen LogP) is 1.81. The van der Waals surface area contributed by atoms with Crippen LogP contribution in [0.25, 0.3) is 0 Å². The molecule has 0 bridgehead atoms. The van der Waals surface area contributed by atoms with Crippen molar-refractivity contribution >= 4 is 29.9 Å². The van der Waals surface area contributed by atoms with Crippen LogP contribution in [0.3, 0.4) is 0 Å². The summed E-state index contributed by atoms with van der Waals surface area (Å²) in [6, 6.07) is 7.64. The minimum Gasteiger partial charge on any atom is -0.484 e. The number of halogens is 1. The Morgan fingerprint density at radius 3 is 2.62 bits per heavy atom. The summed E-state index contributed by atoms with van der Waals surface area (Å²) in [6.45, 7) is 2.41. The number of carbonyl (C=O) groups is 2. The molecule has 2 heterocycles. The number of anilines is 1. The van der Waals surface area contributed by atoms with Gasteiger partial charge in [0, 0.05) is 37.8 Å². The summed E-state index contributed by atoms with van der Waals surface area (Å²) in [4.78, 5) is 27.8. The number of likely N-dealkylation sites (tertiary alicyclic amines) is 1. The maximum Gasteiger partial charge on any atom is 0.260 e. The van der Waals surface area contributed by atoms with Crippen molar-refractivity contribution in [1.82, 2.24) is 4.90 Å².